The first-order valence-electron chi connectivity index (χ1n) is 14.4. The number of ether oxygens (including phenoxy) is 1. The highest BCUT2D eigenvalue weighted by Crippen LogP contribution is 2.39. The van der Waals surface area contributed by atoms with E-state index < -0.39 is 0 Å². The molecule has 1 N–H and O–H groups in total. The molecule has 3 unspecified atom stereocenters. The third-order valence-corrected chi connectivity index (χ3v) is 8.40. The maximum atomic E-state index is 13.1. The number of likely N-dealkylation sites (N-methyl/N-ethyl adjacent to an activating group) is 1. The molecule has 39 heavy (non-hydrogen) atoms. The number of hydrogen-bond acceptors (Lipinski definition) is 7. The van der Waals surface area contributed by atoms with Gasteiger partial charge in [0.25, 0.3) is 0 Å². The predicted molar refractivity (Wildman–Crippen MR) is 151 cm³/mol. The van der Waals surface area contributed by atoms with Gasteiger partial charge in [0.2, 0.25) is 5.91 Å². The van der Waals surface area contributed by atoms with Crippen LogP contribution in [0.5, 0.6) is 0 Å². The molecule has 3 fully saturated rings. The SMILES string of the molecule is CCc1cc(NC2C3CCC2CN(C(=O)OC2CCN(C(=O)/C=C/CN(C)C)C2)C3)n2ncc(C(C)C)c2n1. The first-order chi connectivity index (χ1) is 18.7. The number of rotatable bonds is 8. The normalized spacial score (nSPS) is 25.0. The Kier molecular flexibility index (Phi) is 8.11. The summed E-state index contributed by atoms with van der Waals surface area (Å²) in [6.45, 7) is 9.63. The number of amides is 2. The molecule has 10 heteroatoms. The number of nitrogens with zero attached hydrogens (tertiary/aromatic N) is 6. The molecule has 4 heterocycles. The lowest BCUT2D eigenvalue weighted by Gasteiger charge is -2.38. The summed E-state index contributed by atoms with van der Waals surface area (Å²) in [4.78, 5) is 36.1. The second-order valence-corrected chi connectivity index (χ2v) is 11.9. The molecule has 2 bridgehead atoms. The van der Waals surface area contributed by atoms with Gasteiger partial charge in [0.05, 0.1) is 12.7 Å². The third-order valence-electron chi connectivity index (χ3n) is 8.40. The average Bonchev–Trinajstić information content (AvgIpc) is 3.59. The number of anilines is 1. The minimum absolute atomic E-state index is 0.0190. The molecule has 2 aromatic heterocycles. The molecular formula is C29H43N7O3. The summed E-state index contributed by atoms with van der Waals surface area (Å²) < 4.78 is 7.82. The van der Waals surface area contributed by atoms with Gasteiger partial charge in [-0.15, -0.1) is 0 Å². The van der Waals surface area contributed by atoms with Crippen LogP contribution in [0, 0.1) is 11.8 Å². The first-order valence-corrected chi connectivity index (χ1v) is 14.4. The zero-order valence-corrected chi connectivity index (χ0v) is 24.0. The van der Waals surface area contributed by atoms with E-state index >= 15 is 0 Å². The van der Waals surface area contributed by atoms with E-state index in [-0.39, 0.29) is 24.1 Å². The monoisotopic (exact) mass is 537 g/mol. The van der Waals surface area contributed by atoms with E-state index in [1.54, 1.807) is 11.0 Å². The summed E-state index contributed by atoms with van der Waals surface area (Å²) in [7, 11) is 3.93. The van der Waals surface area contributed by atoms with Crippen LogP contribution in [0.2, 0.25) is 0 Å². The number of aryl methyl sites for hydroxylation is 1. The molecule has 2 aromatic rings. The van der Waals surface area contributed by atoms with Gasteiger partial charge < -0.3 is 24.8 Å². The Morgan fingerprint density at radius 3 is 2.56 bits per heavy atom. The molecule has 5 rings (SSSR count). The van der Waals surface area contributed by atoms with E-state index in [1.165, 1.54) is 0 Å². The zero-order chi connectivity index (χ0) is 27.7. The molecular weight excluding hydrogens is 494 g/mol. The topological polar surface area (TPSA) is 95.3 Å². The molecule has 0 radical (unpaired) electrons. The second-order valence-electron chi connectivity index (χ2n) is 11.9. The minimum Gasteiger partial charge on any atom is -0.444 e. The molecule has 2 saturated heterocycles. The van der Waals surface area contributed by atoms with Gasteiger partial charge in [0.15, 0.2) is 5.65 Å². The Morgan fingerprint density at radius 1 is 1.15 bits per heavy atom. The van der Waals surface area contributed by atoms with Crippen molar-refractivity contribution in [3.8, 4) is 0 Å². The largest absolute Gasteiger partial charge is 0.444 e. The Morgan fingerprint density at radius 2 is 1.90 bits per heavy atom. The summed E-state index contributed by atoms with van der Waals surface area (Å²) in [6.07, 6.45) is 8.64. The summed E-state index contributed by atoms with van der Waals surface area (Å²) in [5, 5.41) is 8.48. The maximum Gasteiger partial charge on any atom is 0.410 e. The van der Waals surface area contributed by atoms with Crippen LogP contribution in [0.4, 0.5) is 10.6 Å². The summed E-state index contributed by atoms with van der Waals surface area (Å²) in [6, 6.07) is 2.40. The van der Waals surface area contributed by atoms with Crippen molar-refractivity contribution in [2.45, 2.75) is 64.5 Å². The third kappa shape index (κ3) is 5.90. The van der Waals surface area contributed by atoms with Crippen molar-refractivity contribution in [3.63, 3.8) is 0 Å². The first kappa shape index (κ1) is 27.4. The van der Waals surface area contributed by atoms with E-state index in [0.29, 0.717) is 50.4 Å². The van der Waals surface area contributed by atoms with Gasteiger partial charge >= 0.3 is 6.09 Å². The number of nitrogens with one attached hydrogen (secondary N) is 1. The fourth-order valence-electron chi connectivity index (χ4n) is 6.21. The number of likely N-dealkylation sites (tertiary alicyclic amines) is 2. The predicted octanol–water partition coefficient (Wildman–Crippen LogP) is 3.39. The van der Waals surface area contributed by atoms with Crippen LogP contribution in [0.1, 0.15) is 57.2 Å². The zero-order valence-electron chi connectivity index (χ0n) is 24.0. The Labute approximate surface area is 231 Å². The molecule has 10 nitrogen and oxygen atoms in total. The Hall–Kier alpha value is -3.14. The highest BCUT2D eigenvalue weighted by atomic mass is 16.6. The lowest BCUT2D eigenvalue weighted by molar-refractivity contribution is -0.125. The Balaban J connectivity index is 1.19. The average molecular weight is 538 g/mol. The van der Waals surface area contributed by atoms with E-state index in [2.05, 4.69) is 37.3 Å². The van der Waals surface area contributed by atoms with Gasteiger partial charge in [-0.05, 0) is 51.1 Å². The van der Waals surface area contributed by atoms with E-state index in [0.717, 1.165) is 48.5 Å². The molecule has 0 spiro atoms. The van der Waals surface area contributed by atoms with Crippen molar-refractivity contribution in [1.29, 1.82) is 0 Å². The van der Waals surface area contributed by atoms with Crippen LogP contribution in [0.25, 0.3) is 5.65 Å². The number of carbonyl (C=O) groups is 2. The van der Waals surface area contributed by atoms with Crippen LogP contribution < -0.4 is 5.32 Å². The van der Waals surface area contributed by atoms with Crippen molar-refractivity contribution >= 4 is 23.5 Å². The molecule has 212 valence electrons. The smallest absolute Gasteiger partial charge is 0.410 e. The minimum atomic E-state index is -0.249. The van der Waals surface area contributed by atoms with Crippen molar-refractivity contribution in [2.75, 3.05) is 52.1 Å². The van der Waals surface area contributed by atoms with E-state index in [4.69, 9.17) is 9.72 Å². The van der Waals surface area contributed by atoms with Gasteiger partial charge in [0.1, 0.15) is 11.9 Å². The molecule has 3 atom stereocenters. The summed E-state index contributed by atoms with van der Waals surface area (Å²) in [5.41, 5.74) is 3.14. The molecule has 3 aliphatic rings. The summed E-state index contributed by atoms with van der Waals surface area (Å²) >= 11 is 0. The highest BCUT2D eigenvalue weighted by Gasteiger charge is 2.44. The summed E-state index contributed by atoms with van der Waals surface area (Å²) in [5.74, 6) is 2.03. The molecule has 1 aliphatic carbocycles. The van der Waals surface area contributed by atoms with Crippen LogP contribution in [0.3, 0.4) is 0 Å². The van der Waals surface area contributed by atoms with E-state index in [9.17, 15) is 9.59 Å². The number of piperidine rings is 1. The number of carbonyl (C=O) groups excluding carboxylic acids is 2. The molecule has 2 aliphatic heterocycles. The van der Waals surface area contributed by atoms with Crippen LogP contribution in [0.15, 0.2) is 24.4 Å². The number of fused-ring (bicyclic) bond motifs is 3. The van der Waals surface area contributed by atoms with Crippen molar-refractivity contribution in [1.82, 2.24) is 29.3 Å². The van der Waals surface area contributed by atoms with Crippen molar-refractivity contribution in [2.24, 2.45) is 11.8 Å². The molecule has 0 aromatic carbocycles. The van der Waals surface area contributed by atoms with Gasteiger partial charge in [-0.2, -0.15) is 9.61 Å². The molecule has 1 saturated carbocycles. The van der Waals surface area contributed by atoms with Gasteiger partial charge in [0, 0.05) is 62.0 Å². The number of hydrogen-bond donors (Lipinski definition) is 1. The Bertz CT molecular complexity index is 1210. The van der Waals surface area contributed by atoms with Crippen LogP contribution in [-0.2, 0) is 16.0 Å². The quantitative estimate of drug-likeness (QED) is 0.516. The standard InChI is InChI=1S/C29H43N7O3/c1-6-22-14-25(36-28(31-22)24(15-30-36)19(2)3)32-27-20-9-10-21(27)17-35(16-20)29(38)39-23-11-13-34(18-23)26(37)8-7-12-33(4)5/h7-8,14-15,19-21,23,27,32H,6,9-13,16-18H2,1-5H3/b8-7+. The van der Waals surface area contributed by atoms with Crippen molar-refractivity contribution < 1.29 is 14.3 Å². The van der Waals surface area contributed by atoms with Crippen molar-refractivity contribution in [3.05, 3.63) is 35.7 Å². The fourth-order valence-corrected chi connectivity index (χ4v) is 6.21. The number of aromatic nitrogens is 3. The van der Waals surface area contributed by atoms with Gasteiger partial charge in [-0.1, -0.05) is 26.8 Å². The highest BCUT2D eigenvalue weighted by molar-refractivity contribution is 5.87. The fraction of sp³-hybridized carbons (Fsp3) is 0.655. The lowest BCUT2D eigenvalue weighted by atomic mass is 9.92. The van der Waals surface area contributed by atoms with Crippen LogP contribution >= 0.6 is 0 Å². The lowest BCUT2D eigenvalue weighted by Crippen LogP contribution is -2.51. The molecule has 2 amide bonds. The maximum absolute atomic E-state index is 13.1. The van der Waals surface area contributed by atoms with Crippen LogP contribution in [-0.4, -0.2) is 100 Å². The second kappa shape index (κ2) is 11.5. The van der Waals surface area contributed by atoms with E-state index in [1.807, 2.05) is 40.7 Å². The van der Waals surface area contributed by atoms with Gasteiger partial charge in [-0.25, -0.2) is 9.78 Å². The van der Waals surface area contributed by atoms with Gasteiger partial charge in [-0.3, -0.25) is 4.79 Å².